The van der Waals surface area contributed by atoms with Gasteiger partial charge in [0, 0.05) is 39.4 Å². The molecule has 0 aliphatic carbocycles. The SMILES string of the molecule is CCNC(=NCc1ccc(N2CC=CC2)cc1)N(C)Cc1ncnn1C. The predicted octanol–water partition coefficient (Wildman–Crippen LogP) is 1.79. The lowest BCUT2D eigenvalue weighted by atomic mass is 10.2. The molecule has 1 aliphatic rings. The lowest BCUT2D eigenvalue weighted by molar-refractivity contribution is 0.448. The number of benzene rings is 1. The molecule has 7 heteroatoms. The van der Waals surface area contributed by atoms with Crippen molar-refractivity contribution in [2.24, 2.45) is 12.0 Å². The molecular formula is C19H27N7. The van der Waals surface area contributed by atoms with Crippen molar-refractivity contribution < 1.29 is 0 Å². The summed E-state index contributed by atoms with van der Waals surface area (Å²) in [6.07, 6.45) is 5.98. The van der Waals surface area contributed by atoms with E-state index in [1.807, 2.05) is 14.1 Å². The lowest BCUT2D eigenvalue weighted by Crippen LogP contribution is -2.39. The molecule has 0 unspecified atom stereocenters. The zero-order chi connectivity index (χ0) is 18.4. The van der Waals surface area contributed by atoms with Gasteiger partial charge in [-0.25, -0.2) is 9.98 Å². The van der Waals surface area contributed by atoms with Gasteiger partial charge in [0.2, 0.25) is 0 Å². The maximum atomic E-state index is 4.77. The van der Waals surface area contributed by atoms with Crippen LogP contribution in [-0.4, -0.2) is 52.3 Å². The molecule has 0 atom stereocenters. The number of rotatable bonds is 6. The fraction of sp³-hybridized carbons (Fsp3) is 0.421. The number of nitrogens with one attached hydrogen (secondary N) is 1. The molecule has 0 radical (unpaired) electrons. The third-order valence-corrected chi connectivity index (χ3v) is 4.41. The van der Waals surface area contributed by atoms with E-state index in [4.69, 9.17) is 4.99 Å². The Hall–Kier alpha value is -2.83. The van der Waals surface area contributed by atoms with Crippen LogP contribution in [0.15, 0.2) is 47.7 Å². The van der Waals surface area contributed by atoms with Crippen LogP contribution in [0.2, 0.25) is 0 Å². The predicted molar refractivity (Wildman–Crippen MR) is 105 cm³/mol. The van der Waals surface area contributed by atoms with Gasteiger partial charge in [-0.15, -0.1) is 0 Å². The van der Waals surface area contributed by atoms with Crippen molar-refractivity contribution in [3.05, 3.63) is 54.1 Å². The second-order valence-corrected chi connectivity index (χ2v) is 6.37. The highest BCUT2D eigenvalue weighted by Crippen LogP contribution is 2.18. The van der Waals surface area contributed by atoms with Crippen LogP contribution in [0, 0.1) is 0 Å². The average Bonchev–Trinajstić information content (AvgIpc) is 3.31. The van der Waals surface area contributed by atoms with E-state index >= 15 is 0 Å². The van der Waals surface area contributed by atoms with Crippen LogP contribution in [-0.2, 0) is 20.1 Å². The fourth-order valence-electron chi connectivity index (χ4n) is 2.89. The quantitative estimate of drug-likeness (QED) is 0.487. The van der Waals surface area contributed by atoms with E-state index in [1.54, 1.807) is 11.0 Å². The number of hydrogen-bond donors (Lipinski definition) is 1. The number of guanidine groups is 1. The molecule has 1 aliphatic heterocycles. The van der Waals surface area contributed by atoms with Crippen molar-refractivity contribution >= 4 is 11.6 Å². The minimum atomic E-state index is 0.643. The normalized spacial score (nSPS) is 14.1. The van der Waals surface area contributed by atoms with Gasteiger partial charge >= 0.3 is 0 Å². The molecule has 7 nitrogen and oxygen atoms in total. The van der Waals surface area contributed by atoms with Crippen LogP contribution in [0.3, 0.4) is 0 Å². The molecule has 1 aromatic carbocycles. The molecule has 1 N–H and O–H groups in total. The Labute approximate surface area is 155 Å². The summed E-state index contributed by atoms with van der Waals surface area (Å²) in [7, 11) is 3.91. The van der Waals surface area contributed by atoms with E-state index < -0.39 is 0 Å². The van der Waals surface area contributed by atoms with E-state index in [0.717, 1.165) is 31.4 Å². The Bertz CT molecular complexity index is 752. The van der Waals surface area contributed by atoms with E-state index in [1.165, 1.54) is 11.3 Å². The first kappa shape index (κ1) is 18.0. The molecule has 2 heterocycles. The maximum absolute atomic E-state index is 4.77. The van der Waals surface area contributed by atoms with Crippen LogP contribution in [0.1, 0.15) is 18.3 Å². The highest BCUT2D eigenvalue weighted by atomic mass is 15.4. The van der Waals surface area contributed by atoms with E-state index in [2.05, 4.69) is 68.5 Å². The maximum Gasteiger partial charge on any atom is 0.194 e. The molecule has 0 bridgehead atoms. The molecule has 0 saturated carbocycles. The summed E-state index contributed by atoms with van der Waals surface area (Å²) in [5.74, 6) is 1.77. The molecule has 3 rings (SSSR count). The van der Waals surface area contributed by atoms with Crippen LogP contribution < -0.4 is 10.2 Å². The Morgan fingerprint density at radius 3 is 2.58 bits per heavy atom. The number of hydrogen-bond acceptors (Lipinski definition) is 4. The van der Waals surface area contributed by atoms with E-state index in [-0.39, 0.29) is 0 Å². The third-order valence-electron chi connectivity index (χ3n) is 4.41. The van der Waals surface area contributed by atoms with Crippen LogP contribution in [0.4, 0.5) is 5.69 Å². The first-order valence-electron chi connectivity index (χ1n) is 8.98. The van der Waals surface area contributed by atoms with Gasteiger partial charge in [-0.1, -0.05) is 24.3 Å². The Balaban J connectivity index is 1.63. The van der Waals surface area contributed by atoms with Gasteiger partial charge < -0.3 is 15.1 Å². The molecule has 26 heavy (non-hydrogen) atoms. The Morgan fingerprint density at radius 1 is 1.23 bits per heavy atom. The van der Waals surface area contributed by atoms with Gasteiger partial charge in [-0.2, -0.15) is 5.10 Å². The molecule has 0 amide bonds. The number of nitrogens with zero attached hydrogens (tertiary/aromatic N) is 6. The summed E-state index contributed by atoms with van der Waals surface area (Å²) in [5, 5.41) is 7.46. The van der Waals surface area contributed by atoms with Gasteiger partial charge in [0.05, 0.1) is 13.1 Å². The van der Waals surface area contributed by atoms with E-state index in [9.17, 15) is 0 Å². The Morgan fingerprint density at radius 2 is 1.96 bits per heavy atom. The number of anilines is 1. The fourth-order valence-corrected chi connectivity index (χ4v) is 2.89. The molecule has 0 saturated heterocycles. The summed E-state index contributed by atoms with van der Waals surface area (Å²) in [6, 6.07) is 8.66. The monoisotopic (exact) mass is 353 g/mol. The van der Waals surface area contributed by atoms with Crippen LogP contribution >= 0.6 is 0 Å². The average molecular weight is 353 g/mol. The first-order chi connectivity index (χ1) is 12.7. The number of aromatic nitrogens is 3. The molecule has 1 aromatic heterocycles. The highest BCUT2D eigenvalue weighted by Gasteiger charge is 2.10. The molecule has 138 valence electrons. The van der Waals surface area contributed by atoms with Gasteiger partial charge in [0.1, 0.15) is 12.2 Å². The smallest absolute Gasteiger partial charge is 0.194 e. The number of aliphatic imine (C=N–C) groups is 1. The second-order valence-electron chi connectivity index (χ2n) is 6.37. The zero-order valence-electron chi connectivity index (χ0n) is 15.8. The summed E-state index contributed by atoms with van der Waals surface area (Å²) < 4.78 is 1.78. The zero-order valence-corrected chi connectivity index (χ0v) is 15.8. The van der Waals surface area contributed by atoms with Crippen molar-refractivity contribution in [3.63, 3.8) is 0 Å². The molecule has 2 aromatic rings. The van der Waals surface area contributed by atoms with Crippen LogP contribution in [0.25, 0.3) is 0 Å². The summed E-state index contributed by atoms with van der Waals surface area (Å²) in [5.41, 5.74) is 2.46. The Kier molecular flexibility index (Phi) is 5.88. The van der Waals surface area contributed by atoms with Gasteiger partial charge in [-0.3, -0.25) is 4.68 Å². The van der Waals surface area contributed by atoms with Crippen LogP contribution in [0.5, 0.6) is 0 Å². The minimum Gasteiger partial charge on any atom is -0.364 e. The van der Waals surface area contributed by atoms with Crippen molar-refractivity contribution in [2.45, 2.75) is 20.0 Å². The van der Waals surface area contributed by atoms with Crippen molar-refractivity contribution in [1.29, 1.82) is 0 Å². The summed E-state index contributed by atoms with van der Waals surface area (Å²) in [6.45, 7) is 6.19. The minimum absolute atomic E-state index is 0.643. The van der Waals surface area contributed by atoms with Crippen molar-refractivity contribution in [3.8, 4) is 0 Å². The molecule has 0 fully saturated rings. The lowest BCUT2D eigenvalue weighted by Gasteiger charge is -2.21. The standard InChI is InChI=1S/C19H27N7/c1-4-20-19(24(2)14-18-22-15-23-25(18)3)21-13-16-7-9-17(10-8-16)26-11-5-6-12-26/h5-10,15H,4,11-14H2,1-3H3,(H,20,21). The third kappa shape index (κ3) is 4.41. The topological polar surface area (TPSA) is 61.6 Å². The summed E-state index contributed by atoms with van der Waals surface area (Å²) >= 11 is 0. The summed E-state index contributed by atoms with van der Waals surface area (Å²) in [4.78, 5) is 13.5. The molecular weight excluding hydrogens is 326 g/mol. The van der Waals surface area contributed by atoms with Crippen molar-refractivity contribution in [2.75, 3.05) is 31.6 Å². The number of aryl methyl sites for hydroxylation is 1. The first-order valence-corrected chi connectivity index (χ1v) is 8.98. The van der Waals surface area contributed by atoms with Gasteiger partial charge in [0.25, 0.3) is 0 Å². The van der Waals surface area contributed by atoms with E-state index in [0.29, 0.717) is 13.1 Å². The van der Waals surface area contributed by atoms with Crippen molar-refractivity contribution in [1.82, 2.24) is 25.0 Å². The van der Waals surface area contributed by atoms with Gasteiger partial charge in [0.15, 0.2) is 5.96 Å². The van der Waals surface area contributed by atoms with Gasteiger partial charge in [-0.05, 0) is 24.6 Å². The molecule has 0 spiro atoms. The second kappa shape index (κ2) is 8.51. The highest BCUT2D eigenvalue weighted by molar-refractivity contribution is 5.79. The largest absolute Gasteiger partial charge is 0.364 e.